The van der Waals surface area contributed by atoms with Crippen molar-refractivity contribution < 1.29 is 4.79 Å². The summed E-state index contributed by atoms with van der Waals surface area (Å²) in [5, 5.41) is 0. The van der Waals surface area contributed by atoms with Crippen LogP contribution in [0.15, 0.2) is 23.4 Å². The summed E-state index contributed by atoms with van der Waals surface area (Å²) in [7, 11) is 0. The number of likely N-dealkylation sites (tertiary alicyclic amines) is 1. The smallest absolute Gasteiger partial charge is 0.261 e. The molecule has 1 amide bonds. The molecule has 0 aliphatic carbocycles. The van der Waals surface area contributed by atoms with E-state index in [2.05, 4.69) is 21.5 Å². The number of H-pyrrole nitrogens is 1. The SMILES string of the molecule is CCc1[nH]c(=O)c(C(=O)N2CCCC[C@H]2c2cncn2CC)cc1C. The Balaban J connectivity index is 1.97. The number of imidazole rings is 1. The van der Waals surface area contributed by atoms with Gasteiger partial charge in [-0.3, -0.25) is 9.59 Å². The first kappa shape index (κ1) is 17.5. The van der Waals surface area contributed by atoms with Gasteiger partial charge in [0, 0.05) is 18.8 Å². The topological polar surface area (TPSA) is 71.0 Å². The Morgan fingerprint density at radius 3 is 2.88 bits per heavy atom. The van der Waals surface area contributed by atoms with Crippen molar-refractivity contribution in [2.45, 2.75) is 59.0 Å². The lowest BCUT2D eigenvalue weighted by molar-refractivity contribution is 0.0599. The summed E-state index contributed by atoms with van der Waals surface area (Å²) in [6, 6.07) is 1.72. The molecule has 1 N–H and O–H groups in total. The van der Waals surface area contributed by atoms with Gasteiger partial charge in [0.05, 0.1) is 24.3 Å². The normalized spacial score (nSPS) is 17.7. The van der Waals surface area contributed by atoms with Gasteiger partial charge in [-0.1, -0.05) is 6.92 Å². The predicted molar refractivity (Wildman–Crippen MR) is 96.7 cm³/mol. The number of amides is 1. The number of nitrogens with one attached hydrogen (secondary N) is 1. The van der Waals surface area contributed by atoms with Gasteiger partial charge < -0.3 is 14.5 Å². The van der Waals surface area contributed by atoms with Gasteiger partial charge in [0.15, 0.2) is 0 Å². The van der Waals surface area contributed by atoms with Crippen LogP contribution in [-0.4, -0.2) is 31.9 Å². The van der Waals surface area contributed by atoms with E-state index >= 15 is 0 Å². The highest BCUT2D eigenvalue weighted by Crippen LogP contribution is 2.31. The molecule has 1 aliphatic rings. The third kappa shape index (κ3) is 3.25. The molecule has 0 saturated carbocycles. The first-order valence-electron chi connectivity index (χ1n) is 9.10. The van der Waals surface area contributed by atoms with Crippen molar-refractivity contribution in [2.75, 3.05) is 6.54 Å². The molecule has 0 radical (unpaired) electrons. The van der Waals surface area contributed by atoms with Gasteiger partial charge in [0.1, 0.15) is 5.56 Å². The van der Waals surface area contributed by atoms with E-state index in [1.807, 2.05) is 24.9 Å². The number of hydrogen-bond acceptors (Lipinski definition) is 3. The van der Waals surface area contributed by atoms with E-state index in [-0.39, 0.29) is 23.1 Å². The lowest BCUT2D eigenvalue weighted by Crippen LogP contribution is -2.41. The van der Waals surface area contributed by atoms with Crippen molar-refractivity contribution >= 4 is 5.91 Å². The van der Waals surface area contributed by atoms with Crippen LogP contribution in [0, 0.1) is 6.92 Å². The third-order valence-corrected chi connectivity index (χ3v) is 5.12. The van der Waals surface area contributed by atoms with Crippen molar-refractivity contribution in [3.05, 3.63) is 51.5 Å². The van der Waals surface area contributed by atoms with E-state index in [1.165, 1.54) is 0 Å². The second-order valence-corrected chi connectivity index (χ2v) is 6.64. The monoisotopic (exact) mass is 342 g/mol. The number of carbonyl (C=O) groups is 1. The Hall–Kier alpha value is -2.37. The fourth-order valence-electron chi connectivity index (χ4n) is 3.71. The average Bonchev–Trinajstić information content (AvgIpc) is 3.11. The Kier molecular flexibility index (Phi) is 5.06. The van der Waals surface area contributed by atoms with Gasteiger partial charge in [-0.25, -0.2) is 4.98 Å². The molecule has 1 saturated heterocycles. The summed E-state index contributed by atoms with van der Waals surface area (Å²) in [6.07, 6.45) is 7.34. The average molecular weight is 342 g/mol. The molecule has 25 heavy (non-hydrogen) atoms. The highest BCUT2D eigenvalue weighted by molar-refractivity contribution is 5.94. The van der Waals surface area contributed by atoms with E-state index < -0.39 is 0 Å². The molecule has 0 spiro atoms. The maximum atomic E-state index is 13.2. The van der Waals surface area contributed by atoms with Crippen LogP contribution in [0.25, 0.3) is 0 Å². The molecule has 0 unspecified atom stereocenters. The molecule has 1 atom stereocenters. The summed E-state index contributed by atoms with van der Waals surface area (Å²) in [4.78, 5) is 34.5. The van der Waals surface area contributed by atoms with Gasteiger partial charge in [-0.2, -0.15) is 0 Å². The van der Waals surface area contributed by atoms with Crippen molar-refractivity contribution in [3.8, 4) is 0 Å². The van der Waals surface area contributed by atoms with Gasteiger partial charge in [0.25, 0.3) is 11.5 Å². The molecule has 2 aromatic heterocycles. The molecular formula is C19H26N4O2. The summed E-state index contributed by atoms with van der Waals surface area (Å²) in [5.41, 5.74) is 2.84. The predicted octanol–water partition coefficient (Wildman–Crippen LogP) is 2.83. The van der Waals surface area contributed by atoms with E-state index in [4.69, 9.17) is 0 Å². The highest BCUT2D eigenvalue weighted by atomic mass is 16.2. The Morgan fingerprint density at radius 2 is 2.16 bits per heavy atom. The fourth-order valence-corrected chi connectivity index (χ4v) is 3.71. The van der Waals surface area contributed by atoms with Crippen LogP contribution < -0.4 is 5.56 Å². The Labute approximate surface area is 147 Å². The van der Waals surface area contributed by atoms with E-state index in [1.54, 1.807) is 12.4 Å². The summed E-state index contributed by atoms with van der Waals surface area (Å²) >= 11 is 0. The Bertz CT molecular complexity index is 821. The second-order valence-electron chi connectivity index (χ2n) is 6.64. The van der Waals surface area contributed by atoms with Crippen LogP contribution in [0.4, 0.5) is 0 Å². The molecule has 2 aromatic rings. The first-order valence-corrected chi connectivity index (χ1v) is 9.10. The number of piperidine rings is 1. The standard InChI is InChI=1S/C19H26N4O2/c1-4-15-13(3)10-14(18(24)21-15)19(25)23-9-7-6-8-16(23)17-11-20-12-22(17)5-2/h10-12,16H,4-9H2,1-3H3,(H,21,24)/t16-/m0/s1. The minimum atomic E-state index is -0.291. The number of pyridine rings is 1. The van der Waals surface area contributed by atoms with Crippen molar-refractivity contribution in [2.24, 2.45) is 0 Å². The molecule has 3 heterocycles. The van der Waals surface area contributed by atoms with Crippen LogP contribution in [-0.2, 0) is 13.0 Å². The van der Waals surface area contributed by atoms with Crippen molar-refractivity contribution in [3.63, 3.8) is 0 Å². The fraction of sp³-hybridized carbons (Fsp3) is 0.526. The molecular weight excluding hydrogens is 316 g/mol. The van der Waals surface area contributed by atoms with Crippen molar-refractivity contribution in [1.82, 2.24) is 19.4 Å². The molecule has 1 aliphatic heterocycles. The van der Waals surface area contributed by atoms with Crippen LogP contribution in [0.5, 0.6) is 0 Å². The van der Waals surface area contributed by atoms with Crippen LogP contribution in [0.2, 0.25) is 0 Å². The lowest BCUT2D eigenvalue weighted by atomic mass is 9.98. The zero-order chi connectivity index (χ0) is 18.0. The minimum absolute atomic E-state index is 0.0192. The highest BCUT2D eigenvalue weighted by Gasteiger charge is 2.31. The minimum Gasteiger partial charge on any atom is -0.333 e. The van der Waals surface area contributed by atoms with E-state index in [9.17, 15) is 9.59 Å². The number of aromatic amines is 1. The van der Waals surface area contributed by atoms with Crippen molar-refractivity contribution in [1.29, 1.82) is 0 Å². The maximum absolute atomic E-state index is 13.2. The number of hydrogen-bond donors (Lipinski definition) is 1. The number of nitrogens with zero attached hydrogens (tertiary/aromatic N) is 3. The molecule has 0 bridgehead atoms. The molecule has 1 fully saturated rings. The van der Waals surface area contributed by atoms with E-state index in [0.717, 1.165) is 49.2 Å². The Morgan fingerprint density at radius 1 is 1.36 bits per heavy atom. The molecule has 6 heteroatoms. The van der Waals surface area contributed by atoms with Gasteiger partial charge in [-0.05, 0) is 51.2 Å². The van der Waals surface area contributed by atoms with Gasteiger partial charge >= 0.3 is 0 Å². The van der Waals surface area contributed by atoms with Gasteiger partial charge in [-0.15, -0.1) is 0 Å². The number of aryl methyl sites for hydroxylation is 3. The summed E-state index contributed by atoms with van der Waals surface area (Å²) < 4.78 is 2.08. The zero-order valence-corrected chi connectivity index (χ0v) is 15.2. The van der Waals surface area contributed by atoms with E-state index in [0.29, 0.717) is 6.54 Å². The molecule has 6 nitrogen and oxygen atoms in total. The first-order chi connectivity index (χ1) is 12.1. The quantitative estimate of drug-likeness (QED) is 0.929. The maximum Gasteiger partial charge on any atom is 0.261 e. The van der Waals surface area contributed by atoms with Crippen LogP contribution in [0.1, 0.15) is 66.5 Å². The number of carbonyl (C=O) groups excluding carboxylic acids is 1. The van der Waals surface area contributed by atoms with Crippen LogP contribution >= 0.6 is 0 Å². The lowest BCUT2D eigenvalue weighted by Gasteiger charge is -2.36. The van der Waals surface area contributed by atoms with Gasteiger partial charge in [0.2, 0.25) is 0 Å². The zero-order valence-electron chi connectivity index (χ0n) is 15.2. The summed E-state index contributed by atoms with van der Waals surface area (Å²) in [5.74, 6) is -0.180. The van der Waals surface area contributed by atoms with Crippen LogP contribution in [0.3, 0.4) is 0 Å². The largest absolute Gasteiger partial charge is 0.333 e. The molecule has 3 rings (SSSR count). The molecule has 134 valence electrons. The number of aromatic nitrogens is 3. The number of rotatable bonds is 4. The third-order valence-electron chi connectivity index (χ3n) is 5.12. The molecule has 0 aromatic carbocycles. The summed E-state index contributed by atoms with van der Waals surface area (Å²) in [6.45, 7) is 7.49. The second kappa shape index (κ2) is 7.25.